The zero-order valence-electron chi connectivity index (χ0n) is 12.2. The zero-order chi connectivity index (χ0) is 13.6. The summed E-state index contributed by atoms with van der Waals surface area (Å²) in [6.07, 6.45) is 3.88. The van der Waals surface area contributed by atoms with Crippen molar-refractivity contribution in [3.05, 3.63) is 15.9 Å². The van der Waals surface area contributed by atoms with Gasteiger partial charge in [0, 0.05) is 32.7 Å². The SMILES string of the molecule is Cc1nn(C)c(CN2CC3CCCC(N)C3C2)c1Br.Cl. The van der Waals surface area contributed by atoms with Gasteiger partial charge in [-0.1, -0.05) is 6.42 Å². The summed E-state index contributed by atoms with van der Waals surface area (Å²) in [6.45, 7) is 5.39. The van der Waals surface area contributed by atoms with E-state index in [0.29, 0.717) is 12.0 Å². The van der Waals surface area contributed by atoms with Crippen LogP contribution in [-0.2, 0) is 13.6 Å². The summed E-state index contributed by atoms with van der Waals surface area (Å²) in [5, 5.41) is 4.48. The van der Waals surface area contributed by atoms with Crippen molar-refractivity contribution in [3.8, 4) is 0 Å². The van der Waals surface area contributed by atoms with E-state index in [2.05, 4.69) is 25.9 Å². The molecule has 114 valence electrons. The Morgan fingerprint density at radius 3 is 2.70 bits per heavy atom. The second-order valence-electron chi connectivity index (χ2n) is 6.18. The molecule has 3 atom stereocenters. The molecule has 3 unspecified atom stereocenters. The number of hydrogen-bond donors (Lipinski definition) is 1. The second kappa shape index (κ2) is 6.34. The molecule has 0 amide bonds. The third-order valence-electron chi connectivity index (χ3n) is 4.86. The maximum Gasteiger partial charge on any atom is 0.0739 e. The van der Waals surface area contributed by atoms with Crippen molar-refractivity contribution in [2.45, 2.75) is 38.8 Å². The number of nitrogens with zero attached hydrogens (tertiary/aromatic N) is 3. The highest BCUT2D eigenvalue weighted by Gasteiger charge is 2.38. The van der Waals surface area contributed by atoms with Gasteiger partial charge in [0.25, 0.3) is 0 Å². The van der Waals surface area contributed by atoms with E-state index in [1.807, 2.05) is 18.7 Å². The summed E-state index contributed by atoms with van der Waals surface area (Å²) < 4.78 is 3.16. The van der Waals surface area contributed by atoms with Crippen LogP contribution >= 0.6 is 28.3 Å². The molecule has 1 saturated carbocycles. The van der Waals surface area contributed by atoms with Crippen molar-refractivity contribution in [2.75, 3.05) is 13.1 Å². The van der Waals surface area contributed by atoms with Crippen molar-refractivity contribution in [1.82, 2.24) is 14.7 Å². The molecule has 2 aliphatic rings. The van der Waals surface area contributed by atoms with E-state index in [-0.39, 0.29) is 12.4 Å². The quantitative estimate of drug-likeness (QED) is 0.878. The van der Waals surface area contributed by atoms with E-state index in [4.69, 9.17) is 5.73 Å². The molecule has 2 fully saturated rings. The van der Waals surface area contributed by atoms with E-state index < -0.39 is 0 Å². The molecule has 1 aliphatic carbocycles. The maximum atomic E-state index is 6.29. The van der Waals surface area contributed by atoms with E-state index in [9.17, 15) is 0 Å². The lowest BCUT2D eigenvalue weighted by Gasteiger charge is -2.29. The van der Waals surface area contributed by atoms with Gasteiger partial charge in [-0.05, 0) is 47.5 Å². The van der Waals surface area contributed by atoms with Gasteiger partial charge in [0.05, 0.1) is 15.9 Å². The Balaban J connectivity index is 0.00000147. The fourth-order valence-electron chi connectivity index (χ4n) is 3.80. The van der Waals surface area contributed by atoms with E-state index in [1.54, 1.807) is 0 Å². The van der Waals surface area contributed by atoms with Gasteiger partial charge < -0.3 is 5.73 Å². The minimum Gasteiger partial charge on any atom is -0.327 e. The standard InChI is InChI=1S/C14H23BrN4.ClH/c1-9-14(15)13(18(2)17-9)8-19-6-10-4-3-5-12(16)11(10)7-19;/h10-12H,3-8,16H2,1-2H3;1H. The summed E-state index contributed by atoms with van der Waals surface area (Å²) >= 11 is 3.66. The lowest BCUT2D eigenvalue weighted by molar-refractivity contribution is 0.259. The minimum absolute atomic E-state index is 0. The highest BCUT2D eigenvalue weighted by atomic mass is 79.9. The van der Waals surface area contributed by atoms with E-state index in [0.717, 1.165) is 29.2 Å². The first-order valence-electron chi connectivity index (χ1n) is 7.22. The Morgan fingerprint density at radius 2 is 2.10 bits per heavy atom. The molecule has 2 N–H and O–H groups in total. The van der Waals surface area contributed by atoms with Crippen molar-refractivity contribution in [2.24, 2.45) is 24.6 Å². The first-order valence-corrected chi connectivity index (χ1v) is 8.01. The predicted molar refractivity (Wildman–Crippen MR) is 87.0 cm³/mol. The van der Waals surface area contributed by atoms with Crippen LogP contribution in [0.4, 0.5) is 0 Å². The number of aryl methyl sites for hydroxylation is 2. The van der Waals surface area contributed by atoms with Gasteiger partial charge in [-0.15, -0.1) is 12.4 Å². The fraction of sp³-hybridized carbons (Fsp3) is 0.786. The molecule has 0 aromatic carbocycles. The highest BCUT2D eigenvalue weighted by molar-refractivity contribution is 9.10. The number of aromatic nitrogens is 2. The van der Waals surface area contributed by atoms with Gasteiger partial charge in [0.1, 0.15) is 0 Å². The second-order valence-corrected chi connectivity index (χ2v) is 6.98. The van der Waals surface area contributed by atoms with E-state index in [1.165, 1.54) is 31.5 Å². The minimum atomic E-state index is 0. The number of hydrogen-bond acceptors (Lipinski definition) is 3. The van der Waals surface area contributed by atoms with Crippen LogP contribution in [0.1, 0.15) is 30.7 Å². The maximum absolute atomic E-state index is 6.29. The molecule has 2 heterocycles. The molecule has 1 aliphatic heterocycles. The summed E-state index contributed by atoms with van der Waals surface area (Å²) in [6, 6.07) is 0.417. The molecule has 1 aromatic rings. The van der Waals surface area contributed by atoms with Crippen molar-refractivity contribution in [3.63, 3.8) is 0 Å². The number of rotatable bonds is 2. The van der Waals surface area contributed by atoms with Crippen LogP contribution in [0.15, 0.2) is 4.47 Å². The van der Waals surface area contributed by atoms with Crippen molar-refractivity contribution >= 4 is 28.3 Å². The number of likely N-dealkylation sites (tertiary alicyclic amines) is 1. The average molecular weight is 364 g/mol. The van der Waals surface area contributed by atoms with Gasteiger partial charge in [-0.25, -0.2) is 0 Å². The van der Waals surface area contributed by atoms with Crippen LogP contribution < -0.4 is 5.73 Å². The number of nitrogens with two attached hydrogens (primary N) is 1. The van der Waals surface area contributed by atoms with Gasteiger partial charge in [-0.3, -0.25) is 9.58 Å². The molecule has 1 aromatic heterocycles. The first kappa shape index (κ1) is 16.3. The summed E-state index contributed by atoms with van der Waals surface area (Å²) in [5.74, 6) is 1.53. The highest BCUT2D eigenvalue weighted by Crippen LogP contribution is 2.36. The predicted octanol–water partition coefficient (Wildman–Crippen LogP) is 2.47. The summed E-state index contributed by atoms with van der Waals surface area (Å²) in [5.41, 5.74) is 8.64. The smallest absolute Gasteiger partial charge is 0.0739 e. The first-order chi connectivity index (χ1) is 9.06. The van der Waals surface area contributed by atoms with Crippen molar-refractivity contribution in [1.29, 1.82) is 0 Å². The summed E-state index contributed by atoms with van der Waals surface area (Å²) in [4.78, 5) is 2.56. The molecule has 6 heteroatoms. The average Bonchev–Trinajstić information content (AvgIpc) is 2.88. The third kappa shape index (κ3) is 2.91. The molecule has 20 heavy (non-hydrogen) atoms. The molecule has 0 radical (unpaired) electrons. The zero-order valence-corrected chi connectivity index (χ0v) is 14.6. The molecule has 4 nitrogen and oxygen atoms in total. The molecule has 1 saturated heterocycles. The molecular formula is C14H24BrClN4. The van der Waals surface area contributed by atoms with Crippen LogP contribution in [0.25, 0.3) is 0 Å². The van der Waals surface area contributed by atoms with Crippen LogP contribution in [0.2, 0.25) is 0 Å². The largest absolute Gasteiger partial charge is 0.327 e. The van der Waals surface area contributed by atoms with Gasteiger partial charge >= 0.3 is 0 Å². The molecule has 0 bridgehead atoms. The van der Waals surface area contributed by atoms with Gasteiger partial charge in [-0.2, -0.15) is 5.10 Å². The Labute approximate surface area is 135 Å². The number of halogens is 2. The Morgan fingerprint density at radius 1 is 1.35 bits per heavy atom. The topological polar surface area (TPSA) is 47.1 Å². The summed E-state index contributed by atoms with van der Waals surface area (Å²) in [7, 11) is 2.03. The van der Waals surface area contributed by atoms with Crippen LogP contribution in [-0.4, -0.2) is 33.8 Å². The lowest BCUT2D eigenvalue weighted by Crippen LogP contribution is -2.38. The monoisotopic (exact) mass is 362 g/mol. The van der Waals surface area contributed by atoms with Crippen LogP contribution in [0.3, 0.4) is 0 Å². The van der Waals surface area contributed by atoms with E-state index >= 15 is 0 Å². The van der Waals surface area contributed by atoms with Gasteiger partial charge in [0.2, 0.25) is 0 Å². The lowest BCUT2D eigenvalue weighted by atomic mass is 9.78. The molecule has 3 rings (SSSR count). The van der Waals surface area contributed by atoms with Crippen LogP contribution in [0.5, 0.6) is 0 Å². The third-order valence-corrected chi connectivity index (χ3v) is 5.90. The molecular weight excluding hydrogens is 340 g/mol. The van der Waals surface area contributed by atoms with Gasteiger partial charge in [0.15, 0.2) is 0 Å². The van der Waals surface area contributed by atoms with Crippen LogP contribution in [0, 0.1) is 18.8 Å². The Bertz CT molecular complexity index is 476. The Kier molecular flexibility index (Phi) is 5.16. The Hall–Kier alpha value is -0.100. The normalized spacial score (nSPS) is 30.1. The molecule has 0 spiro atoms. The fourth-order valence-corrected chi connectivity index (χ4v) is 4.26. The number of fused-ring (bicyclic) bond motifs is 1. The van der Waals surface area contributed by atoms with Crippen molar-refractivity contribution < 1.29 is 0 Å².